The molecule has 21 heavy (non-hydrogen) atoms. The maximum atomic E-state index is 9.72. The fourth-order valence-corrected chi connectivity index (χ4v) is 2.29. The molecule has 0 radical (unpaired) electrons. The summed E-state index contributed by atoms with van der Waals surface area (Å²) in [6, 6.07) is 0. The molecule has 5 nitrogen and oxygen atoms in total. The Kier molecular flexibility index (Phi) is 9.87. The third-order valence-electron chi connectivity index (χ3n) is 3.71. The third kappa shape index (κ3) is 7.38. The Bertz CT molecular complexity index is 282. The lowest BCUT2D eigenvalue weighted by Crippen LogP contribution is -2.54. The second kappa shape index (κ2) is 11.2. The van der Waals surface area contributed by atoms with Gasteiger partial charge in [0.25, 0.3) is 0 Å². The van der Waals surface area contributed by atoms with Gasteiger partial charge in [0, 0.05) is 0 Å². The lowest BCUT2D eigenvalue weighted by atomic mass is 10.0. The van der Waals surface area contributed by atoms with Crippen LogP contribution in [0, 0.1) is 0 Å². The monoisotopic (exact) mass is 302 g/mol. The van der Waals surface area contributed by atoms with Crippen LogP contribution in [0.25, 0.3) is 0 Å². The van der Waals surface area contributed by atoms with Crippen molar-refractivity contribution in [1.29, 1.82) is 0 Å². The van der Waals surface area contributed by atoms with Gasteiger partial charge in [-0.25, -0.2) is 0 Å². The van der Waals surface area contributed by atoms with Gasteiger partial charge in [0.2, 0.25) is 0 Å². The van der Waals surface area contributed by atoms with Crippen LogP contribution in [0.5, 0.6) is 0 Å². The molecule has 0 spiro atoms. The van der Waals surface area contributed by atoms with E-state index in [4.69, 9.17) is 9.47 Å². The molecular formula is C16H30O5. The second-order valence-electron chi connectivity index (χ2n) is 5.60. The van der Waals surface area contributed by atoms with Crippen LogP contribution in [0.4, 0.5) is 0 Å². The number of unbranched alkanes of at least 4 members (excludes halogenated alkanes) is 4. The fraction of sp³-hybridized carbons (Fsp3) is 0.875. The van der Waals surface area contributed by atoms with Gasteiger partial charge < -0.3 is 24.8 Å². The first-order valence-electron chi connectivity index (χ1n) is 8.05. The van der Waals surface area contributed by atoms with Crippen LogP contribution in [0.15, 0.2) is 12.2 Å². The van der Waals surface area contributed by atoms with E-state index in [2.05, 4.69) is 19.1 Å². The van der Waals surface area contributed by atoms with Crippen molar-refractivity contribution in [2.24, 2.45) is 0 Å². The zero-order valence-corrected chi connectivity index (χ0v) is 13.0. The number of hydrogen-bond donors (Lipinski definition) is 3. The Labute approximate surface area is 127 Å². The molecule has 1 aliphatic rings. The highest BCUT2D eigenvalue weighted by Gasteiger charge is 2.37. The standard InChI is InChI=1S/C16H30O5/c1-2-3-4-5-6-7-8-9-10-20-12-14-16(19)15(18)13(17)11-21-14/h7-8,13-19H,2-6,9-12H2,1H3/b8-7+/t13-,14+,15+,16+/m1/s1. The van der Waals surface area contributed by atoms with Gasteiger partial charge in [-0.2, -0.15) is 0 Å². The number of hydrogen-bond acceptors (Lipinski definition) is 5. The Morgan fingerprint density at radius 2 is 1.81 bits per heavy atom. The minimum Gasteiger partial charge on any atom is -0.388 e. The van der Waals surface area contributed by atoms with Crippen molar-refractivity contribution in [3.8, 4) is 0 Å². The summed E-state index contributed by atoms with van der Waals surface area (Å²) in [4.78, 5) is 0. The molecule has 0 aromatic heterocycles. The van der Waals surface area contributed by atoms with Gasteiger partial charge in [0.15, 0.2) is 0 Å². The van der Waals surface area contributed by atoms with E-state index in [-0.39, 0.29) is 13.2 Å². The van der Waals surface area contributed by atoms with Crippen LogP contribution < -0.4 is 0 Å². The summed E-state index contributed by atoms with van der Waals surface area (Å²) in [7, 11) is 0. The van der Waals surface area contributed by atoms with Crippen LogP contribution in [0.2, 0.25) is 0 Å². The summed E-state index contributed by atoms with van der Waals surface area (Å²) < 4.78 is 10.7. The lowest BCUT2D eigenvalue weighted by Gasteiger charge is -2.35. The molecule has 1 rings (SSSR count). The quantitative estimate of drug-likeness (QED) is 0.420. The fourth-order valence-electron chi connectivity index (χ4n) is 2.29. The van der Waals surface area contributed by atoms with E-state index in [1.165, 1.54) is 25.7 Å². The van der Waals surface area contributed by atoms with E-state index < -0.39 is 24.4 Å². The molecular weight excluding hydrogens is 272 g/mol. The maximum Gasteiger partial charge on any atom is 0.111 e. The molecule has 1 saturated heterocycles. The van der Waals surface area contributed by atoms with Crippen LogP contribution in [-0.2, 0) is 9.47 Å². The zero-order valence-electron chi connectivity index (χ0n) is 13.0. The molecule has 124 valence electrons. The van der Waals surface area contributed by atoms with Crippen LogP contribution in [0.1, 0.15) is 45.4 Å². The van der Waals surface area contributed by atoms with Crippen molar-refractivity contribution >= 4 is 0 Å². The molecule has 0 unspecified atom stereocenters. The first kappa shape index (κ1) is 18.6. The Balaban J connectivity index is 2.00. The largest absolute Gasteiger partial charge is 0.388 e. The molecule has 0 bridgehead atoms. The number of aliphatic hydroxyl groups is 3. The van der Waals surface area contributed by atoms with Crippen molar-refractivity contribution in [3.05, 3.63) is 12.2 Å². The summed E-state index contributed by atoms with van der Waals surface area (Å²) in [5.41, 5.74) is 0. The van der Waals surface area contributed by atoms with Crippen LogP contribution >= 0.6 is 0 Å². The van der Waals surface area contributed by atoms with E-state index in [1.54, 1.807) is 0 Å². The van der Waals surface area contributed by atoms with E-state index in [0.717, 1.165) is 12.8 Å². The predicted octanol–water partition coefficient (Wildman–Crippen LogP) is 1.40. The molecule has 3 N–H and O–H groups in total. The van der Waals surface area contributed by atoms with E-state index in [1.807, 2.05) is 0 Å². The molecule has 0 aliphatic carbocycles. The normalized spacial score (nSPS) is 30.1. The van der Waals surface area contributed by atoms with Gasteiger partial charge in [-0.3, -0.25) is 0 Å². The number of rotatable bonds is 10. The molecule has 5 heteroatoms. The van der Waals surface area contributed by atoms with Crippen LogP contribution in [-0.4, -0.2) is 59.6 Å². The minimum atomic E-state index is -1.16. The maximum absolute atomic E-state index is 9.72. The highest BCUT2D eigenvalue weighted by atomic mass is 16.6. The van der Waals surface area contributed by atoms with Crippen molar-refractivity contribution in [3.63, 3.8) is 0 Å². The average molecular weight is 302 g/mol. The lowest BCUT2D eigenvalue weighted by molar-refractivity contribution is -0.199. The van der Waals surface area contributed by atoms with Crippen molar-refractivity contribution in [2.45, 2.75) is 69.9 Å². The first-order valence-corrected chi connectivity index (χ1v) is 8.05. The van der Waals surface area contributed by atoms with Gasteiger partial charge >= 0.3 is 0 Å². The smallest absolute Gasteiger partial charge is 0.111 e. The average Bonchev–Trinajstić information content (AvgIpc) is 2.49. The Morgan fingerprint density at radius 3 is 2.57 bits per heavy atom. The van der Waals surface area contributed by atoms with E-state index in [0.29, 0.717) is 6.61 Å². The molecule has 0 amide bonds. The highest BCUT2D eigenvalue weighted by Crippen LogP contribution is 2.15. The summed E-state index contributed by atoms with van der Waals surface area (Å²) in [5.74, 6) is 0. The van der Waals surface area contributed by atoms with Gasteiger partial charge in [-0.1, -0.05) is 38.3 Å². The van der Waals surface area contributed by atoms with Gasteiger partial charge in [0.1, 0.15) is 24.4 Å². The molecule has 0 aromatic rings. The predicted molar refractivity (Wildman–Crippen MR) is 81.1 cm³/mol. The van der Waals surface area contributed by atoms with Crippen molar-refractivity contribution in [2.75, 3.05) is 19.8 Å². The van der Waals surface area contributed by atoms with E-state index in [9.17, 15) is 15.3 Å². The van der Waals surface area contributed by atoms with Gasteiger partial charge in [-0.15, -0.1) is 0 Å². The van der Waals surface area contributed by atoms with Crippen molar-refractivity contribution in [1.82, 2.24) is 0 Å². The van der Waals surface area contributed by atoms with Gasteiger partial charge in [0.05, 0.1) is 19.8 Å². The molecule has 1 heterocycles. The topological polar surface area (TPSA) is 79.2 Å². The molecule has 1 aliphatic heterocycles. The SMILES string of the molecule is CCCCCC/C=C/CCOC[C@@H]1OC[C@@H](O)[C@H](O)[C@H]1O. The van der Waals surface area contributed by atoms with Crippen molar-refractivity contribution < 1.29 is 24.8 Å². The Hall–Kier alpha value is -0.460. The molecule has 4 atom stereocenters. The van der Waals surface area contributed by atoms with Gasteiger partial charge in [-0.05, 0) is 19.3 Å². The summed E-state index contributed by atoms with van der Waals surface area (Å²) in [6.07, 6.45) is 7.52. The second-order valence-corrected chi connectivity index (χ2v) is 5.60. The number of allylic oxidation sites excluding steroid dienone is 1. The number of ether oxygens (including phenoxy) is 2. The first-order chi connectivity index (χ1) is 10.2. The zero-order chi connectivity index (χ0) is 15.5. The summed E-state index contributed by atoms with van der Waals surface area (Å²) >= 11 is 0. The van der Waals surface area contributed by atoms with E-state index >= 15 is 0 Å². The minimum absolute atomic E-state index is 0.0317. The summed E-state index contributed by atoms with van der Waals surface area (Å²) in [5, 5.41) is 28.6. The highest BCUT2D eigenvalue weighted by molar-refractivity contribution is 4.86. The number of aliphatic hydroxyl groups excluding tert-OH is 3. The summed E-state index contributed by atoms with van der Waals surface area (Å²) in [6.45, 7) is 3.04. The molecule has 1 fully saturated rings. The Morgan fingerprint density at radius 1 is 1.05 bits per heavy atom. The molecule has 0 saturated carbocycles. The van der Waals surface area contributed by atoms with Crippen LogP contribution in [0.3, 0.4) is 0 Å². The molecule has 0 aromatic carbocycles. The third-order valence-corrected chi connectivity index (χ3v) is 3.71.